The molecule has 2 aromatic heterocycles. The van der Waals surface area contributed by atoms with Gasteiger partial charge >= 0.3 is 0 Å². The molecule has 0 bridgehead atoms. The third-order valence-corrected chi connectivity index (χ3v) is 5.78. The van der Waals surface area contributed by atoms with Crippen LogP contribution in [-0.2, 0) is 24.2 Å². The first-order chi connectivity index (χ1) is 14.2. The number of benzene rings is 1. The van der Waals surface area contributed by atoms with Crippen molar-refractivity contribution in [1.29, 1.82) is 0 Å². The lowest BCUT2D eigenvalue weighted by molar-refractivity contribution is -0.132. The number of para-hydroxylation sites is 1. The molecule has 0 spiro atoms. The molecule has 0 saturated carbocycles. The minimum Gasteiger partial charge on any atom is -0.343 e. The van der Waals surface area contributed by atoms with E-state index in [4.69, 9.17) is 0 Å². The number of carbonyl (C=O) groups excluding carboxylic acids is 1. The highest BCUT2D eigenvalue weighted by Crippen LogP contribution is 2.22. The van der Waals surface area contributed by atoms with E-state index in [0.29, 0.717) is 18.9 Å². The third kappa shape index (κ3) is 4.55. The molecule has 4 rings (SSSR count). The minimum absolute atomic E-state index is 0.242. The van der Waals surface area contributed by atoms with Gasteiger partial charge in [0.2, 0.25) is 5.91 Å². The van der Waals surface area contributed by atoms with Crippen LogP contribution in [0.25, 0.3) is 5.69 Å². The average Bonchev–Trinajstić information content (AvgIpc) is 3.42. The number of hydrogen-bond donors (Lipinski definition) is 0. The van der Waals surface area contributed by atoms with E-state index < -0.39 is 0 Å². The van der Waals surface area contributed by atoms with E-state index in [-0.39, 0.29) is 5.91 Å². The topological polar surface area (TPSA) is 68.8 Å². The number of imidazole rings is 1. The first-order valence-electron chi connectivity index (χ1n) is 10.5. The molecule has 3 heterocycles. The van der Waals surface area contributed by atoms with E-state index in [9.17, 15) is 4.79 Å². The Labute approximate surface area is 171 Å². The van der Waals surface area contributed by atoms with Crippen LogP contribution in [0.1, 0.15) is 37.8 Å². The molecule has 3 aromatic rings. The first kappa shape index (κ1) is 19.4. The van der Waals surface area contributed by atoms with Crippen molar-refractivity contribution in [3.8, 4) is 5.69 Å². The number of nitrogens with zero attached hydrogens (tertiary/aromatic N) is 6. The number of amides is 1. The van der Waals surface area contributed by atoms with Gasteiger partial charge in [0.1, 0.15) is 18.0 Å². The quantitative estimate of drug-likeness (QED) is 0.620. The van der Waals surface area contributed by atoms with Crippen LogP contribution in [-0.4, -0.2) is 48.2 Å². The van der Waals surface area contributed by atoms with Crippen LogP contribution in [0.4, 0.5) is 0 Å². The molecule has 0 N–H and O–H groups in total. The molecule has 7 nitrogen and oxygen atoms in total. The lowest BCUT2D eigenvalue weighted by Gasteiger charge is -2.32. The van der Waals surface area contributed by atoms with Gasteiger partial charge in [0.15, 0.2) is 0 Å². The molecule has 1 aliphatic heterocycles. The van der Waals surface area contributed by atoms with Gasteiger partial charge in [-0.2, -0.15) is 0 Å². The summed E-state index contributed by atoms with van der Waals surface area (Å²) < 4.78 is 4.15. The molecule has 1 aliphatic rings. The van der Waals surface area contributed by atoms with Crippen LogP contribution in [0.2, 0.25) is 0 Å². The second-order valence-electron chi connectivity index (χ2n) is 7.62. The van der Waals surface area contributed by atoms with Gasteiger partial charge in [0, 0.05) is 57.0 Å². The van der Waals surface area contributed by atoms with Crippen LogP contribution in [0.3, 0.4) is 0 Å². The van der Waals surface area contributed by atoms with Gasteiger partial charge in [-0.15, -0.1) is 10.2 Å². The molecule has 152 valence electrons. The van der Waals surface area contributed by atoms with Gasteiger partial charge < -0.3 is 9.47 Å². The Kier molecular flexibility index (Phi) is 6.03. The van der Waals surface area contributed by atoms with Crippen LogP contribution >= 0.6 is 0 Å². The Bertz CT molecular complexity index is 924. The van der Waals surface area contributed by atoms with E-state index in [1.807, 2.05) is 35.5 Å². The maximum atomic E-state index is 12.6. The molecule has 0 unspecified atom stereocenters. The lowest BCUT2D eigenvalue weighted by Crippen LogP contribution is -2.39. The lowest BCUT2D eigenvalue weighted by atomic mass is 9.93. The Morgan fingerprint density at radius 2 is 1.93 bits per heavy atom. The summed E-state index contributed by atoms with van der Waals surface area (Å²) in [6.45, 7) is 4.45. The average molecular weight is 393 g/mol. The predicted octanol–water partition coefficient (Wildman–Crippen LogP) is 2.90. The molecule has 1 aromatic carbocycles. The maximum Gasteiger partial charge on any atom is 0.224 e. The zero-order valence-electron chi connectivity index (χ0n) is 16.9. The first-order valence-corrected chi connectivity index (χ1v) is 10.5. The maximum absolute atomic E-state index is 12.6. The molecule has 7 heteroatoms. The summed E-state index contributed by atoms with van der Waals surface area (Å²) in [6.07, 6.45) is 9.90. The second kappa shape index (κ2) is 9.03. The summed E-state index contributed by atoms with van der Waals surface area (Å²) in [5, 5.41) is 8.45. The van der Waals surface area contributed by atoms with Crippen LogP contribution in [0.5, 0.6) is 0 Å². The van der Waals surface area contributed by atoms with Crippen molar-refractivity contribution in [3.63, 3.8) is 0 Å². The monoisotopic (exact) mass is 392 g/mol. The van der Waals surface area contributed by atoms with Gasteiger partial charge in [0.25, 0.3) is 0 Å². The molecule has 1 amide bonds. The van der Waals surface area contributed by atoms with Crippen molar-refractivity contribution in [2.24, 2.45) is 5.92 Å². The van der Waals surface area contributed by atoms with Crippen LogP contribution in [0, 0.1) is 5.92 Å². The summed E-state index contributed by atoms with van der Waals surface area (Å²) >= 11 is 0. The third-order valence-electron chi connectivity index (χ3n) is 5.78. The van der Waals surface area contributed by atoms with Gasteiger partial charge in [-0.1, -0.05) is 25.1 Å². The van der Waals surface area contributed by atoms with Crippen molar-refractivity contribution >= 4 is 5.91 Å². The molecular weight excluding hydrogens is 364 g/mol. The standard InChI is InChI=1S/C22H28N6O/c1-2-20-23-11-15-26(20)14-10-22(29)27-12-8-18(9-13-27)16-21-25-24-17-28(21)19-6-4-3-5-7-19/h3-7,11,15,17-18H,2,8-10,12-14,16H2,1H3. The fourth-order valence-corrected chi connectivity index (χ4v) is 4.08. The highest BCUT2D eigenvalue weighted by molar-refractivity contribution is 5.76. The van der Waals surface area contributed by atoms with Gasteiger partial charge in [-0.05, 0) is 30.9 Å². The van der Waals surface area contributed by atoms with E-state index in [2.05, 4.69) is 43.4 Å². The molecule has 29 heavy (non-hydrogen) atoms. The van der Waals surface area contributed by atoms with Crippen molar-refractivity contribution in [2.45, 2.75) is 45.6 Å². The van der Waals surface area contributed by atoms with Crippen LogP contribution in [0.15, 0.2) is 49.1 Å². The van der Waals surface area contributed by atoms with Crippen molar-refractivity contribution in [3.05, 3.63) is 60.7 Å². The Morgan fingerprint density at radius 3 is 2.69 bits per heavy atom. The summed E-state index contributed by atoms with van der Waals surface area (Å²) in [4.78, 5) is 19.0. The number of likely N-dealkylation sites (tertiary alicyclic amines) is 1. The van der Waals surface area contributed by atoms with Gasteiger partial charge in [0.05, 0.1) is 0 Å². The largest absolute Gasteiger partial charge is 0.343 e. The van der Waals surface area contributed by atoms with E-state index in [1.54, 1.807) is 6.33 Å². The Morgan fingerprint density at radius 1 is 1.14 bits per heavy atom. The highest BCUT2D eigenvalue weighted by atomic mass is 16.2. The number of piperidine rings is 1. The van der Waals surface area contributed by atoms with Gasteiger partial charge in [-0.3, -0.25) is 9.36 Å². The SMILES string of the molecule is CCc1nccn1CCC(=O)N1CCC(Cc2nncn2-c2ccccc2)CC1. The minimum atomic E-state index is 0.242. The molecule has 1 saturated heterocycles. The van der Waals surface area contributed by atoms with Crippen molar-refractivity contribution < 1.29 is 4.79 Å². The summed E-state index contributed by atoms with van der Waals surface area (Å²) in [6, 6.07) is 10.2. The number of aromatic nitrogens is 5. The molecular formula is C22H28N6O. The predicted molar refractivity (Wildman–Crippen MR) is 111 cm³/mol. The molecule has 0 aliphatic carbocycles. The Balaban J connectivity index is 1.28. The van der Waals surface area contributed by atoms with E-state index >= 15 is 0 Å². The Hall–Kier alpha value is -2.96. The highest BCUT2D eigenvalue weighted by Gasteiger charge is 2.24. The zero-order valence-corrected chi connectivity index (χ0v) is 16.9. The van der Waals surface area contributed by atoms with E-state index in [1.165, 1.54) is 0 Å². The summed E-state index contributed by atoms with van der Waals surface area (Å²) in [5.74, 6) is 2.81. The van der Waals surface area contributed by atoms with E-state index in [0.717, 1.165) is 56.1 Å². The molecule has 0 atom stereocenters. The normalized spacial score (nSPS) is 15.0. The fraction of sp³-hybridized carbons (Fsp3) is 0.455. The smallest absolute Gasteiger partial charge is 0.224 e. The molecule has 0 radical (unpaired) electrons. The fourth-order valence-electron chi connectivity index (χ4n) is 4.08. The summed E-state index contributed by atoms with van der Waals surface area (Å²) in [7, 11) is 0. The second-order valence-corrected chi connectivity index (χ2v) is 7.62. The number of rotatable bonds is 7. The molecule has 1 fully saturated rings. The zero-order chi connectivity index (χ0) is 20.1. The number of aryl methyl sites for hydroxylation is 2. The van der Waals surface area contributed by atoms with Gasteiger partial charge in [-0.25, -0.2) is 4.98 Å². The summed E-state index contributed by atoms with van der Waals surface area (Å²) in [5.41, 5.74) is 1.09. The van der Waals surface area contributed by atoms with Crippen molar-refractivity contribution in [2.75, 3.05) is 13.1 Å². The van der Waals surface area contributed by atoms with Crippen LogP contribution < -0.4 is 0 Å². The number of carbonyl (C=O) groups is 1. The van der Waals surface area contributed by atoms with Crippen molar-refractivity contribution in [1.82, 2.24) is 29.2 Å². The number of hydrogen-bond acceptors (Lipinski definition) is 4.